The Balaban J connectivity index is 1.31. The summed E-state index contributed by atoms with van der Waals surface area (Å²) in [6.07, 6.45) is 7.69. The molecule has 2 heterocycles. The zero-order valence-corrected chi connectivity index (χ0v) is 10.4. The van der Waals surface area contributed by atoms with Crippen molar-refractivity contribution in [2.24, 2.45) is 16.7 Å². The highest BCUT2D eigenvalue weighted by molar-refractivity contribution is 5.81. The summed E-state index contributed by atoms with van der Waals surface area (Å²) < 4.78 is 5.45. The number of carbonyl (C=O) groups is 1. The van der Waals surface area contributed by atoms with E-state index < -0.39 is 0 Å². The first-order chi connectivity index (χ1) is 8.21. The smallest absolute Gasteiger partial charge is 0.225 e. The van der Waals surface area contributed by atoms with Gasteiger partial charge < -0.3 is 9.64 Å². The van der Waals surface area contributed by atoms with Gasteiger partial charge in [0.15, 0.2) is 0 Å². The fourth-order valence-electron chi connectivity index (χ4n) is 4.32. The van der Waals surface area contributed by atoms with Crippen LogP contribution < -0.4 is 0 Å². The van der Waals surface area contributed by atoms with E-state index in [9.17, 15) is 4.79 Å². The lowest BCUT2D eigenvalue weighted by molar-refractivity contribution is -0.159. The van der Waals surface area contributed by atoms with Gasteiger partial charge in [-0.1, -0.05) is 6.42 Å². The van der Waals surface area contributed by atoms with E-state index in [1.54, 1.807) is 0 Å². The molecule has 1 amide bonds. The molecule has 0 aromatic rings. The Hall–Kier alpha value is -0.570. The molecule has 0 unspecified atom stereocenters. The number of rotatable bonds is 1. The number of likely N-dealkylation sites (tertiary alicyclic amines) is 1. The summed E-state index contributed by atoms with van der Waals surface area (Å²) >= 11 is 0. The minimum Gasteiger partial charge on any atom is -0.381 e. The van der Waals surface area contributed by atoms with Crippen molar-refractivity contribution >= 4 is 5.91 Å². The van der Waals surface area contributed by atoms with Crippen molar-refractivity contribution in [2.45, 2.75) is 38.5 Å². The van der Waals surface area contributed by atoms with Crippen LogP contribution in [0.25, 0.3) is 0 Å². The van der Waals surface area contributed by atoms with Crippen LogP contribution in [0.3, 0.4) is 0 Å². The second-order valence-corrected chi connectivity index (χ2v) is 6.96. The lowest BCUT2D eigenvalue weighted by Gasteiger charge is -2.56. The molecule has 3 heteroatoms. The predicted octanol–water partition coefficient (Wildman–Crippen LogP) is 1.82. The van der Waals surface area contributed by atoms with Gasteiger partial charge in [0.25, 0.3) is 0 Å². The molecular formula is C14H21NO2. The standard InChI is InChI=1S/C14H21NO2/c16-12(11-6-13(7-11)2-1-3-13)15-8-14(9-15)4-5-17-10-14/h11H,1-10H2. The van der Waals surface area contributed by atoms with Gasteiger partial charge in [0.05, 0.1) is 6.61 Å². The van der Waals surface area contributed by atoms with Crippen molar-refractivity contribution in [3.05, 3.63) is 0 Å². The van der Waals surface area contributed by atoms with Crippen LogP contribution in [0.15, 0.2) is 0 Å². The van der Waals surface area contributed by atoms with E-state index in [1.165, 1.54) is 32.1 Å². The molecule has 3 nitrogen and oxygen atoms in total. The molecule has 0 radical (unpaired) electrons. The molecule has 2 aliphatic carbocycles. The Morgan fingerprint density at radius 2 is 1.88 bits per heavy atom. The molecule has 4 rings (SSSR count). The molecule has 4 aliphatic rings. The molecule has 17 heavy (non-hydrogen) atoms. The van der Waals surface area contributed by atoms with Gasteiger partial charge in [-0.05, 0) is 37.5 Å². The van der Waals surface area contributed by atoms with Gasteiger partial charge >= 0.3 is 0 Å². The van der Waals surface area contributed by atoms with Crippen molar-refractivity contribution in [2.75, 3.05) is 26.3 Å². The predicted molar refractivity (Wildman–Crippen MR) is 63.5 cm³/mol. The van der Waals surface area contributed by atoms with Crippen LogP contribution in [-0.4, -0.2) is 37.1 Å². The number of hydrogen-bond donors (Lipinski definition) is 0. The van der Waals surface area contributed by atoms with Crippen LogP contribution in [0.4, 0.5) is 0 Å². The van der Waals surface area contributed by atoms with Crippen molar-refractivity contribution in [1.82, 2.24) is 4.90 Å². The fourth-order valence-corrected chi connectivity index (χ4v) is 4.32. The van der Waals surface area contributed by atoms with E-state index in [0.717, 1.165) is 32.7 Å². The van der Waals surface area contributed by atoms with Gasteiger partial charge in [-0.25, -0.2) is 0 Å². The Morgan fingerprint density at radius 1 is 1.12 bits per heavy atom. The highest BCUT2D eigenvalue weighted by Crippen LogP contribution is 2.59. The molecule has 94 valence electrons. The normalized spacial score (nSPS) is 33.3. The third kappa shape index (κ3) is 1.41. The zero-order valence-electron chi connectivity index (χ0n) is 10.4. The summed E-state index contributed by atoms with van der Waals surface area (Å²) in [7, 11) is 0. The molecule has 0 aromatic heterocycles. The van der Waals surface area contributed by atoms with E-state index in [-0.39, 0.29) is 0 Å². The highest BCUT2D eigenvalue weighted by Gasteiger charge is 2.54. The quantitative estimate of drug-likeness (QED) is 0.694. The van der Waals surface area contributed by atoms with Crippen molar-refractivity contribution in [1.29, 1.82) is 0 Å². The van der Waals surface area contributed by atoms with Gasteiger partial charge in [0.1, 0.15) is 0 Å². The molecular weight excluding hydrogens is 214 g/mol. The SMILES string of the molecule is O=C(C1CC2(CCC2)C1)N1CC2(CCOC2)C1. The first-order valence-corrected chi connectivity index (χ1v) is 7.07. The number of nitrogens with zero attached hydrogens (tertiary/aromatic N) is 1. The minimum atomic E-state index is 0.355. The Kier molecular flexibility index (Phi) is 1.98. The largest absolute Gasteiger partial charge is 0.381 e. The van der Waals surface area contributed by atoms with Crippen molar-refractivity contribution < 1.29 is 9.53 Å². The molecule has 0 N–H and O–H groups in total. The summed E-state index contributed by atoms with van der Waals surface area (Å²) in [5.41, 5.74) is 0.979. The number of hydrogen-bond acceptors (Lipinski definition) is 2. The monoisotopic (exact) mass is 235 g/mol. The lowest BCUT2D eigenvalue weighted by atomic mass is 9.51. The third-order valence-electron chi connectivity index (χ3n) is 5.67. The van der Waals surface area contributed by atoms with Crippen molar-refractivity contribution in [3.8, 4) is 0 Å². The van der Waals surface area contributed by atoms with Crippen LogP contribution in [0.1, 0.15) is 38.5 Å². The van der Waals surface area contributed by atoms with Gasteiger partial charge in [-0.2, -0.15) is 0 Å². The zero-order chi connectivity index (χ0) is 11.5. The second-order valence-electron chi connectivity index (χ2n) is 6.96. The summed E-state index contributed by atoms with van der Waals surface area (Å²) in [6, 6.07) is 0. The Morgan fingerprint density at radius 3 is 2.41 bits per heavy atom. The van der Waals surface area contributed by atoms with E-state index in [2.05, 4.69) is 4.90 Å². The third-order valence-corrected chi connectivity index (χ3v) is 5.67. The maximum atomic E-state index is 12.3. The fraction of sp³-hybridized carbons (Fsp3) is 0.929. The summed E-state index contributed by atoms with van der Waals surface area (Å²) in [6.45, 7) is 3.71. The Labute approximate surface area is 102 Å². The molecule has 2 spiro atoms. The summed E-state index contributed by atoms with van der Waals surface area (Å²) in [4.78, 5) is 14.3. The number of amides is 1. The van der Waals surface area contributed by atoms with Gasteiger partial charge in [-0.3, -0.25) is 4.79 Å². The van der Waals surface area contributed by atoms with E-state index in [4.69, 9.17) is 4.74 Å². The van der Waals surface area contributed by atoms with E-state index in [0.29, 0.717) is 22.7 Å². The average Bonchev–Trinajstić information content (AvgIpc) is 2.58. The maximum absolute atomic E-state index is 12.3. The maximum Gasteiger partial charge on any atom is 0.225 e. The second kappa shape index (κ2) is 3.25. The van der Waals surface area contributed by atoms with E-state index >= 15 is 0 Å². The van der Waals surface area contributed by atoms with Crippen LogP contribution in [0.5, 0.6) is 0 Å². The molecule has 0 atom stereocenters. The number of carbonyl (C=O) groups excluding carboxylic acids is 1. The number of ether oxygens (including phenoxy) is 1. The van der Waals surface area contributed by atoms with Crippen molar-refractivity contribution in [3.63, 3.8) is 0 Å². The molecule has 4 fully saturated rings. The van der Waals surface area contributed by atoms with Crippen LogP contribution in [0.2, 0.25) is 0 Å². The van der Waals surface area contributed by atoms with Gasteiger partial charge in [0.2, 0.25) is 5.91 Å². The molecule has 2 saturated carbocycles. The van der Waals surface area contributed by atoms with Crippen LogP contribution >= 0.6 is 0 Å². The first-order valence-electron chi connectivity index (χ1n) is 7.07. The Bertz CT molecular complexity index is 339. The molecule has 0 bridgehead atoms. The highest BCUT2D eigenvalue weighted by atomic mass is 16.5. The topological polar surface area (TPSA) is 29.5 Å². The van der Waals surface area contributed by atoms with Crippen LogP contribution in [0, 0.1) is 16.7 Å². The van der Waals surface area contributed by atoms with Gasteiger partial charge in [-0.15, -0.1) is 0 Å². The minimum absolute atomic E-state index is 0.355. The molecule has 2 aliphatic heterocycles. The summed E-state index contributed by atoms with van der Waals surface area (Å²) in [5.74, 6) is 0.815. The average molecular weight is 235 g/mol. The first kappa shape index (κ1) is 10.4. The summed E-state index contributed by atoms with van der Waals surface area (Å²) in [5, 5.41) is 0. The molecule has 2 saturated heterocycles. The lowest BCUT2D eigenvalue weighted by Crippen LogP contribution is -2.62. The molecule has 0 aromatic carbocycles. The van der Waals surface area contributed by atoms with Gasteiger partial charge in [0, 0.05) is 31.0 Å². The van der Waals surface area contributed by atoms with E-state index in [1.807, 2.05) is 0 Å². The van der Waals surface area contributed by atoms with Crippen LogP contribution in [-0.2, 0) is 9.53 Å².